The zero-order valence-corrected chi connectivity index (χ0v) is 10.4. The van der Waals surface area contributed by atoms with Crippen LogP contribution in [0.2, 0.25) is 5.15 Å². The van der Waals surface area contributed by atoms with Crippen molar-refractivity contribution in [3.8, 4) is 0 Å². The van der Waals surface area contributed by atoms with Crippen molar-refractivity contribution in [1.82, 2.24) is 9.55 Å². The van der Waals surface area contributed by atoms with E-state index in [0.717, 1.165) is 42.5 Å². The summed E-state index contributed by atoms with van der Waals surface area (Å²) in [7, 11) is 0. The topological polar surface area (TPSA) is 43.8 Å². The van der Waals surface area contributed by atoms with Crippen LogP contribution < -0.4 is 5.73 Å². The second-order valence-electron chi connectivity index (χ2n) is 5.19. The average Bonchev–Trinajstić information content (AvgIpc) is 2.96. The summed E-state index contributed by atoms with van der Waals surface area (Å²) in [6.45, 7) is 3.09. The molecular weight excluding hydrogens is 222 g/mol. The molecule has 1 unspecified atom stereocenters. The minimum absolute atomic E-state index is 0.121. The fraction of sp³-hybridized carbons (Fsp3) is 0.750. The molecule has 2 aliphatic rings. The molecule has 2 heterocycles. The van der Waals surface area contributed by atoms with Gasteiger partial charge in [0.1, 0.15) is 11.0 Å². The Morgan fingerprint density at radius 1 is 1.56 bits per heavy atom. The molecule has 3 rings (SSSR count). The summed E-state index contributed by atoms with van der Waals surface area (Å²) in [6, 6.07) is 0. The first-order valence-corrected chi connectivity index (χ1v) is 6.54. The normalized spacial score (nSPS) is 26.6. The predicted octanol–water partition coefficient (Wildman–Crippen LogP) is 2.15. The van der Waals surface area contributed by atoms with E-state index in [2.05, 4.69) is 16.5 Å². The summed E-state index contributed by atoms with van der Waals surface area (Å²) in [6.07, 6.45) is 5.45. The Balaban J connectivity index is 1.89. The summed E-state index contributed by atoms with van der Waals surface area (Å²) in [5, 5.41) is 0.845. The Morgan fingerprint density at radius 2 is 2.31 bits per heavy atom. The standard InChI is InChI=1S/C12H18ClN3/c1-2-9-11(13)16-6-3-8(7-10(16)15-9)12(14)4-5-12/h8H,2-7,14H2,1H3. The highest BCUT2D eigenvalue weighted by atomic mass is 35.5. The van der Waals surface area contributed by atoms with Crippen LogP contribution in [0.1, 0.15) is 37.7 Å². The monoisotopic (exact) mass is 239 g/mol. The van der Waals surface area contributed by atoms with Crippen LogP contribution in [0.5, 0.6) is 0 Å². The summed E-state index contributed by atoms with van der Waals surface area (Å²) < 4.78 is 2.17. The molecule has 0 bridgehead atoms. The predicted molar refractivity (Wildman–Crippen MR) is 64.6 cm³/mol. The van der Waals surface area contributed by atoms with Gasteiger partial charge in [-0.25, -0.2) is 4.98 Å². The number of halogens is 1. The number of hydrogen-bond donors (Lipinski definition) is 1. The van der Waals surface area contributed by atoms with Gasteiger partial charge in [-0.05, 0) is 31.6 Å². The first-order valence-electron chi connectivity index (χ1n) is 6.16. The quantitative estimate of drug-likeness (QED) is 0.860. The number of nitrogens with zero attached hydrogens (tertiary/aromatic N) is 2. The number of fused-ring (bicyclic) bond motifs is 1. The van der Waals surface area contributed by atoms with Crippen LogP contribution in [0.15, 0.2) is 0 Å². The van der Waals surface area contributed by atoms with Crippen molar-refractivity contribution in [1.29, 1.82) is 0 Å². The van der Waals surface area contributed by atoms with Crippen LogP contribution in [0.3, 0.4) is 0 Å². The summed E-state index contributed by atoms with van der Waals surface area (Å²) in [5.74, 6) is 1.76. The molecule has 3 nitrogen and oxygen atoms in total. The maximum absolute atomic E-state index is 6.29. The molecule has 1 saturated carbocycles. The molecule has 0 amide bonds. The lowest BCUT2D eigenvalue weighted by molar-refractivity contribution is 0.311. The molecule has 1 aliphatic heterocycles. The van der Waals surface area contributed by atoms with Gasteiger partial charge in [0.15, 0.2) is 0 Å². The van der Waals surface area contributed by atoms with Gasteiger partial charge in [-0.15, -0.1) is 0 Å². The number of nitrogens with two attached hydrogens (primary N) is 1. The van der Waals surface area contributed by atoms with Gasteiger partial charge in [-0.3, -0.25) is 0 Å². The maximum Gasteiger partial charge on any atom is 0.132 e. The van der Waals surface area contributed by atoms with Gasteiger partial charge in [-0.1, -0.05) is 18.5 Å². The van der Waals surface area contributed by atoms with E-state index in [9.17, 15) is 0 Å². The van der Waals surface area contributed by atoms with E-state index in [-0.39, 0.29) is 5.54 Å². The van der Waals surface area contributed by atoms with E-state index in [1.165, 1.54) is 12.8 Å². The first-order chi connectivity index (χ1) is 7.64. The fourth-order valence-corrected chi connectivity index (χ4v) is 3.15. The summed E-state index contributed by atoms with van der Waals surface area (Å²) in [5.41, 5.74) is 7.45. The molecule has 1 aromatic heterocycles. The Bertz CT molecular complexity index is 420. The van der Waals surface area contributed by atoms with Crippen LogP contribution in [0, 0.1) is 5.92 Å². The summed E-state index contributed by atoms with van der Waals surface area (Å²) >= 11 is 6.29. The molecule has 0 saturated heterocycles. The molecule has 16 heavy (non-hydrogen) atoms. The Kier molecular flexibility index (Phi) is 2.30. The van der Waals surface area contributed by atoms with Crippen molar-refractivity contribution >= 4 is 11.6 Å². The van der Waals surface area contributed by atoms with Gasteiger partial charge in [-0.2, -0.15) is 0 Å². The van der Waals surface area contributed by atoms with E-state index in [4.69, 9.17) is 17.3 Å². The Hall–Kier alpha value is -0.540. The molecule has 1 atom stereocenters. The minimum Gasteiger partial charge on any atom is -0.325 e. The second kappa shape index (κ2) is 3.47. The molecule has 0 aromatic carbocycles. The third-order valence-corrected chi connectivity index (χ3v) is 4.58. The van der Waals surface area contributed by atoms with Crippen molar-refractivity contribution in [3.63, 3.8) is 0 Å². The van der Waals surface area contributed by atoms with Crippen molar-refractivity contribution in [2.75, 3.05) is 0 Å². The van der Waals surface area contributed by atoms with E-state index in [1.807, 2.05) is 0 Å². The smallest absolute Gasteiger partial charge is 0.132 e. The van der Waals surface area contributed by atoms with Crippen LogP contribution in [0.25, 0.3) is 0 Å². The van der Waals surface area contributed by atoms with Gasteiger partial charge in [0, 0.05) is 18.5 Å². The zero-order valence-electron chi connectivity index (χ0n) is 9.67. The highest BCUT2D eigenvalue weighted by molar-refractivity contribution is 6.30. The van der Waals surface area contributed by atoms with Crippen LogP contribution >= 0.6 is 11.6 Å². The number of imidazole rings is 1. The molecule has 1 aromatic rings. The largest absolute Gasteiger partial charge is 0.325 e. The van der Waals surface area contributed by atoms with Gasteiger partial charge in [0.25, 0.3) is 0 Å². The van der Waals surface area contributed by atoms with Crippen LogP contribution in [0.4, 0.5) is 0 Å². The molecule has 2 N–H and O–H groups in total. The molecule has 0 radical (unpaired) electrons. The third kappa shape index (κ3) is 1.49. The van der Waals surface area contributed by atoms with E-state index in [0.29, 0.717) is 5.92 Å². The van der Waals surface area contributed by atoms with Gasteiger partial charge in [0.2, 0.25) is 0 Å². The Labute approximate surface area is 101 Å². The fourth-order valence-electron chi connectivity index (χ4n) is 2.79. The number of hydrogen-bond acceptors (Lipinski definition) is 2. The number of aromatic nitrogens is 2. The van der Waals surface area contributed by atoms with Gasteiger partial charge < -0.3 is 10.3 Å². The van der Waals surface area contributed by atoms with Gasteiger partial charge in [0.05, 0.1) is 5.69 Å². The molecule has 88 valence electrons. The lowest BCUT2D eigenvalue weighted by Gasteiger charge is -2.28. The molecule has 1 fully saturated rings. The Morgan fingerprint density at radius 3 is 2.94 bits per heavy atom. The first kappa shape index (κ1) is 10.6. The van der Waals surface area contributed by atoms with Crippen molar-refractivity contribution in [3.05, 3.63) is 16.7 Å². The molecule has 4 heteroatoms. The SMILES string of the molecule is CCc1nc2n(c1Cl)CCC(C1(N)CC1)C2. The summed E-state index contributed by atoms with van der Waals surface area (Å²) in [4.78, 5) is 4.64. The highest BCUT2D eigenvalue weighted by Gasteiger charge is 2.46. The zero-order chi connectivity index (χ0) is 11.3. The number of rotatable bonds is 2. The lowest BCUT2D eigenvalue weighted by Crippen LogP contribution is -2.37. The minimum atomic E-state index is 0.121. The van der Waals surface area contributed by atoms with Crippen LogP contribution in [-0.2, 0) is 19.4 Å². The van der Waals surface area contributed by atoms with Gasteiger partial charge >= 0.3 is 0 Å². The van der Waals surface area contributed by atoms with Crippen molar-refractivity contribution in [2.24, 2.45) is 11.7 Å². The average molecular weight is 240 g/mol. The second-order valence-corrected chi connectivity index (χ2v) is 5.55. The molecular formula is C12H18ClN3. The number of aryl methyl sites for hydroxylation is 1. The van der Waals surface area contributed by atoms with Crippen LogP contribution in [-0.4, -0.2) is 15.1 Å². The van der Waals surface area contributed by atoms with E-state index in [1.54, 1.807) is 0 Å². The molecule has 1 aliphatic carbocycles. The van der Waals surface area contributed by atoms with Crippen molar-refractivity contribution < 1.29 is 0 Å². The van der Waals surface area contributed by atoms with E-state index >= 15 is 0 Å². The lowest BCUT2D eigenvalue weighted by atomic mass is 9.88. The third-order valence-electron chi connectivity index (χ3n) is 4.16. The molecule has 0 spiro atoms. The van der Waals surface area contributed by atoms with Crippen molar-refractivity contribution in [2.45, 2.75) is 51.1 Å². The maximum atomic E-state index is 6.29. The van der Waals surface area contributed by atoms with E-state index < -0.39 is 0 Å². The highest BCUT2D eigenvalue weighted by Crippen LogP contribution is 2.44.